The summed E-state index contributed by atoms with van der Waals surface area (Å²) in [4.78, 5) is 12.4. The minimum absolute atomic E-state index is 0.230. The van der Waals surface area contributed by atoms with E-state index in [0.29, 0.717) is 11.0 Å². The molecule has 0 radical (unpaired) electrons. The molecule has 0 bridgehead atoms. The predicted octanol–water partition coefficient (Wildman–Crippen LogP) is 3.41. The molecule has 1 saturated heterocycles. The van der Waals surface area contributed by atoms with Crippen LogP contribution in [0.2, 0.25) is 0 Å². The maximum Gasteiger partial charge on any atom is 0.273 e. The summed E-state index contributed by atoms with van der Waals surface area (Å²) in [7, 11) is 0. The van der Waals surface area contributed by atoms with Crippen molar-refractivity contribution in [1.82, 2.24) is 4.90 Å². The van der Waals surface area contributed by atoms with E-state index in [1.165, 1.54) is 6.07 Å². The zero-order chi connectivity index (χ0) is 17.0. The number of benzene rings is 1. The number of ether oxygens (including phenoxy) is 1. The molecule has 0 unspecified atom stereocenters. The summed E-state index contributed by atoms with van der Waals surface area (Å²) in [5.41, 5.74) is -0.00414. The fraction of sp³-hybridized carbons (Fsp3) is 0.600. The molecule has 1 aromatic rings. The highest BCUT2D eigenvalue weighted by molar-refractivity contribution is 9.10. The molecule has 0 aromatic heterocycles. The largest absolute Gasteiger partial charge is 0.382 e. The molecule has 0 amide bonds. The molecule has 6 nitrogen and oxygen atoms in total. The molecular formula is C15H21BrFN3O3. The average Bonchev–Trinajstić information content (AvgIpc) is 2.44. The van der Waals surface area contributed by atoms with Crippen LogP contribution < -0.4 is 5.32 Å². The van der Waals surface area contributed by atoms with E-state index in [1.807, 2.05) is 0 Å². The zero-order valence-corrected chi connectivity index (χ0v) is 14.8. The standard InChI is InChI=1S/C15H21BrFN3O3/c1-10-8-19(9-11(2)23-10)5-3-4-18-15-13(16)6-12(20(21)22)7-14(15)17/h6-7,10-11,18H,3-5,8-9H2,1-2H3/t10-,11-/m1/s1. The minimum atomic E-state index is -0.625. The lowest BCUT2D eigenvalue weighted by Crippen LogP contribution is -2.45. The first kappa shape index (κ1) is 18.1. The number of hydrogen-bond donors (Lipinski definition) is 1. The Labute approximate surface area is 143 Å². The first-order valence-corrected chi connectivity index (χ1v) is 8.41. The van der Waals surface area contributed by atoms with E-state index in [2.05, 4.69) is 40.0 Å². The molecule has 23 heavy (non-hydrogen) atoms. The maximum atomic E-state index is 13.9. The van der Waals surface area contributed by atoms with Gasteiger partial charge in [-0.3, -0.25) is 15.0 Å². The van der Waals surface area contributed by atoms with Gasteiger partial charge < -0.3 is 10.1 Å². The van der Waals surface area contributed by atoms with Crippen LogP contribution in [0.25, 0.3) is 0 Å². The first-order chi connectivity index (χ1) is 10.9. The van der Waals surface area contributed by atoms with Crippen LogP contribution in [0.1, 0.15) is 20.3 Å². The molecule has 0 aliphatic carbocycles. The fourth-order valence-electron chi connectivity index (χ4n) is 2.82. The minimum Gasteiger partial charge on any atom is -0.382 e. The van der Waals surface area contributed by atoms with Gasteiger partial charge in [0.15, 0.2) is 5.82 Å². The Morgan fingerprint density at radius 1 is 1.43 bits per heavy atom. The van der Waals surface area contributed by atoms with Crippen LogP contribution in [0, 0.1) is 15.9 Å². The summed E-state index contributed by atoms with van der Waals surface area (Å²) < 4.78 is 20.0. The second-order valence-corrected chi connectivity index (χ2v) is 6.69. The predicted molar refractivity (Wildman–Crippen MR) is 90.3 cm³/mol. The van der Waals surface area contributed by atoms with E-state index in [1.54, 1.807) is 0 Å². The third-order valence-electron chi connectivity index (χ3n) is 3.69. The number of nitro groups is 1. The lowest BCUT2D eigenvalue weighted by atomic mass is 10.2. The number of halogens is 2. The van der Waals surface area contributed by atoms with E-state index in [4.69, 9.17) is 4.74 Å². The molecule has 2 rings (SSSR count). The topological polar surface area (TPSA) is 67.6 Å². The summed E-state index contributed by atoms with van der Waals surface area (Å²) in [5.74, 6) is -0.625. The van der Waals surface area contributed by atoms with Crippen molar-refractivity contribution in [2.45, 2.75) is 32.5 Å². The maximum absolute atomic E-state index is 13.9. The van der Waals surface area contributed by atoms with Gasteiger partial charge in [0, 0.05) is 32.2 Å². The van der Waals surface area contributed by atoms with Crippen LogP contribution >= 0.6 is 15.9 Å². The number of anilines is 1. The fourth-order valence-corrected chi connectivity index (χ4v) is 3.38. The van der Waals surface area contributed by atoms with Crippen LogP contribution in [0.15, 0.2) is 16.6 Å². The van der Waals surface area contributed by atoms with Crippen LogP contribution in [0.5, 0.6) is 0 Å². The van der Waals surface area contributed by atoms with Gasteiger partial charge in [0.25, 0.3) is 5.69 Å². The molecule has 0 saturated carbocycles. The molecule has 1 N–H and O–H groups in total. The Bertz CT molecular complexity index is 540. The molecule has 8 heteroatoms. The molecule has 0 spiro atoms. The van der Waals surface area contributed by atoms with Gasteiger partial charge in [-0.2, -0.15) is 0 Å². The Hall–Kier alpha value is -1.25. The number of nitro benzene ring substituents is 1. The number of nitrogens with zero attached hydrogens (tertiary/aromatic N) is 2. The Morgan fingerprint density at radius 3 is 2.65 bits per heavy atom. The number of non-ortho nitro benzene ring substituents is 1. The van der Waals surface area contributed by atoms with Crippen molar-refractivity contribution < 1.29 is 14.1 Å². The van der Waals surface area contributed by atoms with Crippen molar-refractivity contribution in [3.63, 3.8) is 0 Å². The zero-order valence-electron chi connectivity index (χ0n) is 13.2. The average molecular weight is 390 g/mol. The summed E-state index contributed by atoms with van der Waals surface area (Å²) in [6, 6.07) is 2.23. The second kappa shape index (κ2) is 8.03. The molecule has 128 valence electrons. The van der Waals surface area contributed by atoms with E-state index in [0.717, 1.165) is 32.1 Å². The van der Waals surface area contributed by atoms with Gasteiger partial charge in [0.2, 0.25) is 0 Å². The quantitative estimate of drug-likeness (QED) is 0.458. The summed E-state index contributed by atoms with van der Waals surface area (Å²) in [5, 5.41) is 13.7. The van der Waals surface area contributed by atoms with Gasteiger partial charge in [0.1, 0.15) is 0 Å². The Kier molecular flexibility index (Phi) is 6.32. The first-order valence-electron chi connectivity index (χ1n) is 7.62. The van der Waals surface area contributed by atoms with Crippen molar-refractivity contribution in [2.75, 3.05) is 31.5 Å². The second-order valence-electron chi connectivity index (χ2n) is 5.84. The SMILES string of the molecule is C[C@@H]1CN(CCCNc2c(F)cc([N+](=O)[O-])cc2Br)C[C@@H](C)O1. The number of morpholine rings is 1. The smallest absolute Gasteiger partial charge is 0.273 e. The highest BCUT2D eigenvalue weighted by Gasteiger charge is 2.21. The highest BCUT2D eigenvalue weighted by atomic mass is 79.9. The lowest BCUT2D eigenvalue weighted by molar-refractivity contribution is -0.385. The Balaban J connectivity index is 1.83. The summed E-state index contributed by atoms with van der Waals surface area (Å²) >= 11 is 3.18. The van der Waals surface area contributed by atoms with E-state index >= 15 is 0 Å². The molecule has 1 aliphatic heterocycles. The monoisotopic (exact) mass is 389 g/mol. The normalized spacial score (nSPS) is 22.1. The van der Waals surface area contributed by atoms with Crippen molar-refractivity contribution in [2.24, 2.45) is 0 Å². The number of nitrogens with one attached hydrogen (secondary N) is 1. The van der Waals surface area contributed by atoms with Gasteiger partial charge in [-0.1, -0.05) is 0 Å². The van der Waals surface area contributed by atoms with Crippen LogP contribution in [0.4, 0.5) is 15.8 Å². The van der Waals surface area contributed by atoms with Gasteiger partial charge in [-0.25, -0.2) is 4.39 Å². The summed E-state index contributed by atoms with van der Waals surface area (Å²) in [6.45, 7) is 7.42. The highest BCUT2D eigenvalue weighted by Crippen LogP contribution is 2.30. The number of rotatable bonds is 6. The molecule has 1 fully saturated rings. The van der Waals surface area contributed by atoms with E-state index in [9.17, 15) is 14.5 Å². The molecular weight excluding hydrogens is 369 g/mol. The van der Waals surface area contributed by atoms with Gasteiger partial charge in [-0.05, 0) is 36.2 Å². The van der Waals surface area contributed by atoms with Crippen molar-refractivity contribution >= 4 is 27.3 Å². The van der Waals surface area contributed by atoms with Gasteiger partial charge >= 0.3 is 0 Å². The van der Waals surface area contributed by atoms with Gasteiger partial charge in [-0.15, -0.1) is 0 Å². The van der Waals surface area contributed by atoms with Crippen molar-refractivity contribution in [3.05, 3.63) is 32.5 Å². The van der Waals surface area contributed by atoms with Crippen LogP contribution in [-0.4, -0.2) is 48.2 Å². The van der Waals surface area contributed by atoms with E-state index in [-0.39, 0.29) is 23.6 Å². The molecule has 1 heterocycles. The van der Waals surface area contributed by atoms with Crippen molar-refractivity contribution in [3.8, 4) is 0 Å². The summed E-state index contributed by atoms with van der Waals surface area (Å²) in [6.07, 6.45) is 1.31. The molecule has 2 atom stereocenters. The molecule has 1 aromatic carbocycles. The molecule has 1 aliphatic rings. The number of hydrogen-bond acceptors (Lipinski definition) is 5. The van der Waals surface area contributed by atoms with Gasteiger partial charge in [0.05, 0.1) is 33.4 Å². The van der Waals surface area contributed by atoms with E-state index < -0.39 is 10.7 Å². The van der Waals surface area contributed by atoms with Crippen LogP contribution in [-0.2, 0) is 4.74 Å². The third kappa shape index (κ3) is 5.12. The van der Waals surface area contributed by atoms with Crippen LogP contribution in [0.3, 0.4) is 0 Å². The third-order valence-corrected chi connectivity index (χ3v) is 4.31. The Morgan fingerprint density at radius 2 is 2.09 bits per heavy atom. The lowest BCUT2D eigenvalue weighted by Gasteiger charge is -2.35. The van der Waals surface area contributed by atoms with Crippen molar-refractivity contribution in [1.29, 1.82) is 0 Å².